The molecule has 0 atom stereocenters. The van der Waals surface area contributed by atoms with Crippen molar-refractivity contribution >= 4 is 28.7 Å². The third-order valence-electron chi connectivity index (χ3n) is 2.44. The lowest BCUT2D eigenvalue weighted by Gasteiger charge is -2.15. The Balaban J connectivity index is 2.42. The van der Waals surface area contributed by atoms with E-state index >= 15 is 0 Å². The van der Waals surface area contributed by atoms with Crippen molar-refractivity contribution in [2.45, 2.75) is 12.8 Å². The van der Waals surface area contributed by atoms with Crippen LogP contribution in [0.15, 0.2) is 23.8 Å². The summed E-state index contributed by atoms with van der Waals surface area (Å²) in [7, 11) is 0. The zero-order valence-corrected chi connectivity index (χ0v) is 9.54. The van der Waals surface area contributed by atoms with Gasteiger partial charge in [-0.1, -0.05) is 17.7 Å². The molecule has 68 valence electrons. The van der Waals surface area contributed by atoms with Crippen LogP contribution in [0.2, 0.25) is 0 Å². The minimum atomic E-state index is 0.700. The Morgan fingerprint density at radius 1 is 1.31 bits per heavy atom. The van der Waals surface area contributed by atoms with Gasteiger partial charge < -0.3 is 5.73 Å². The zero-order chi connectivity index (χ0) is 9.26. The molecule has 0 amide bonds. The van der Waals surface area contributed by atoms with Crippen LogP contribution in [-0.2, 0) is 6.42 Å². The Bertz CT molecular complexity index is 355. The highest BCUT2D eigenvalue weighted by Crippen LogP contribution is 2.24. The highest BCUT2D eigenvalue weighted by atomic mass is 127. The fourth-order valence-corrected chi connectivity index (χ4v) is 2.24. The Hall–Kier alpha value is -0.350. The first kappa shape index (κ1) is 9.21. The largest absolute Gasteiger partial charge is 0.327 e. The van der Waals surface area contributed by atoms with Crippen LogP contribution >= 0.6 is 22.6 Å². The molecular weight excluding hydrogens is 273 g/mol. The van der Waals surface area contributed by atoms with Crippen LogP contribution in [0.5, 0.6) is 0 Å². The summed E-state index contributed by atoms with van der Waals surface area (Å²) in [5.74, 6) is 0. The Kier molecular flexibility index (Phi) is 2.69. The van der Waals surface area contributed by atoms with E-state index in [1.807, 2.05) is 0 Å². The standard InChI is InChI=1S/C11H12IN/c12-11-4-3-9-5-8(7-13)1-2-10(9)6-11/h3-6H,1-2,7,13H2. The SMILES string of the molecule is NCC1=Cc2ccc(I)cc2CC1. The van der Waals surface area contributed by atoms with Gasteiger partial charge in [-0.25, -0.2) is 0 Å². The fraction of sp³-hybridized carbons (Fsp3) is 0.273. The molecule has 2 heteroatoms. The number of halogens is 1. The van der Waals surface area contributed by atoms with Crippen molar-refractivity contribution < 1.29 is 0 Å². The second kappa shape index (κ2) is 3.80. The topological polar surface area (TPSA) is 26.0 Å². The van der Waals surface area contributed by atoms with E-state index in [2.05, 4.69) is 46.9 Å². The van der Waals surface area contributed by atoms with E-state index in [0.29, 0.717) is 6.54 Å². The van der Waals surface area contributed by atoms with Crippen LogP contribution in [0.1, 0.15) is 17.5 Å². The number of nitrogens with two attached hydrogens (primary N) is 1. The Morgan fingerprint density at radius 2 is 2.15 bits per heavy atom. The van der Waals surface area contributed by atoms with Gasteiger partial charge in [-0.05, 0) is 58.7 Å². The lowest BCUT2D eigenvalue weighted by Crippen LogP contribution is -2.08. The molecular formula is C11H12IN. The van der Waals surface area contributed by atoms with E-state index in [9.17, 15) is 0 Å². The van der Waals surface area contributed by atoms with Crippen molar-refractivity contribution in [2.24, 2.45) is 5.73 Å². The first-order valence-corrected chi connectivity index (χ1v) is 5.55. The molecule has 1 aromatic carbocycles. The Labute approximate surface area is 92.2 Å². The average molecular weight is 285 g/mol. The van der Waals surface area contributed by atoms with Crippen LogP contribution in [-0.4, -0.2) is 6.54 Å². The fourth-order valence-electron chi connectivity index (χ4n) is 1.68. The summed E-state index contributed by atoms with van der Waals surface area (Å²) < 4.78 is 1.32. The molecule has 1 nitrogen and oxygen atoms in total. The van der Waals surface area contributed by atoms with Crippen molar-refractivity contribution in [1.29, 1.82) is 0 Å². The van der Waals surface area contributed by atoms with Gasteiger partial charge in [0.05, 0.1) is 0 Å². The molecule has 1 aliphatic carbocycles. The van der Waals surface area contributed by atoms with E-state index in [4.69, 9.17) is 5.73 Å². The first-order chi connectivity index (χ1) is 6.29. The highest BCUT2D eigenvalue weighted by molar-refractivity contribution is 14.1. The van der Waals surface area contributed by atoms with Gasteiger partial charge in [-0.3, -0.25) is 0 Å². The molecule has 0 bridgehead atoms. The molecule has 0 heterocycles. The summed E-state index contributed by atoms with van der Waals surface area (Å²) in [5.41, 5.74) is 9.81. The van der Waals surface area contributed by atoms with Gasteiger partial charge >= 0.3 is 0 Å². The summed E-state index contributed by atoms with van der Waals surface area (Å²) in [6, 6.07) is 6.60. The number of rotatable bonds is 1. The van der Waals surface area contributed by atoms with Crippen LogP contribution in [0.3, 0.4) is 0 Å². The average Bonchev–Trinajstić information content (AvgIpc) is 2.17. The summed E-state index contributed by atoms with van der Waals surface area (Å²) in [4.78, 5) is 0. The molecule has 0 aliphatic heterocycles. The van der Waals surface area contributed by atoms with Gasteiger partial charge in [-0.2, -0.15) is 0 Å². The maximum absolute atomic E-state index is 5.62. The number of fused-ring (bicyclic) bond motifs is 1. The monoisotopic (exact) mass is 285 g/mol. The summed E-state index contributed by atoms with van der Waals surface area (Å²) in [6.45, 7) is 0.700. The van der Waals surface area contributed by atoms with Crippen LogP contribution < -0.4 is 5.73 Å². The molecule has 2 N–H and O–H groups in total. The predicted molar refractivity (Wildman–Crippen MR) is 64.5 cm³/mol. The van der Waals surface area contributed by atoms with Crippen LogP contribution in [0, 0.1) is 3.57 Å². The van der Waals surface area contributed by atoms with E-state index in [-0.39, 0.29) is 0 Å². The van der Waals surface area contributed by atoms with Crippen LogP contribution in [0.25, 0.3) is 6.08 Å². The molecule has 1 aromatic rings. The van der Waals surface area contributed by atoms with Crippen molar-refractivity contribution in [3.63, 3.8) is 0 Å². The third kappa shape index (κ3) is 1.94. The van der Waals surface area contributed by atoms with Gasteiger partial charge in [0, 0.05) is 10.1 Å². The number of aryl methyl sites for hydroxylation is 1. The van der Waals surface area contributed by atoms with Gasteiger partial charge in [0.25, 0.3) is 0 Å². The first-order valence-electron chi connectivity index (χ1n) is 4.47. The van der Waals surface area contributed by atoms with E-state index in [0.717, 1.165) is 12.8 Å². The molecule has 0 spiro atoms. The van der Waals surface area contributed by atoms with Crippen LogP contribution in [0.4, 0.5) is 0 Å². The normalized spacial score (nSPS) is 15.1. The maximum Gasteiger partial charge on any atom is 0.0140 e. The van der Waals surface area contributed by atoms with Gasteiger partial charge in [0.15, 0.2) is 0 Å². The summed E-state index contributed by atoms with van der Waals surface area (Å²) >= 11 is 2.36. The van der Waals surface area contributed by atoms with Gasteiger partial charge in [0.2, 0.25) is 0 Å². The second-order valence-electron chi connectivity index (χ2n) is 3.35. The number of benzene rings is 1. The van der Waals surface area contributed by atoms with Gasteiger partial charge in [-0.15, -0.1) is 0 Å². The number of hydrogen-bond donors (Lipinski definition) is 1. The van der Waals surface area contributed by atoms with E-state index < -0.39 is 0 Å². The summed E-state index contributed by atoms with van der Waals surface area (Å²) in [5, 5.41) is 0. The lowest BCUT2D eigenvalue weighted by atomic mass is 9.92. The predicted octanol–water partition coefficient (Wildman–Crippen LogP) is 2.58. The van der Waals surface area contributed by atoms with Crippen molar-refractivity contribution in [3.05, 3.63) is 38.5 Å². The molecule has 0 saturated carbocycles. The molecule has 2 rings (SSSR count). The maximum atomic E-state index is 5.62. The lowest BCUT2D eigenvalue weighted by molar-refractivity contribution is 0.892. The molecule has 0 unspecified atom stereocenters. The summed E-state index contributed by atoms with van der Waals surface area (Å²) in [6.07, 6.45) is 4.51. The quantitative estimate of drug-likeness (QED) is 0.789. The van der Waals surface area contributed by atoms with E-state index in [1.54, 1.807) is 0 Å². The molecule has 0 saturated heterocycles. The van der Waals surface area contributed by atoms with Gasteiger partial charge in [0.1, 0.15) is 0 Å². The molecule has 13 heavy (non-hydrogen) atoms. The van der Waals surface area contributed by atoms with Crippen molar-refractivity contribution in [1.82, 2.24) is 0 Å². The van der Waals surface area contributed by atoms with Crippen molar-refractivity contribution in [3.8, 4) is 0 Å². The molecule has 0 radical (unpaired) electrons. The molecule has 0 fully saturated rings. The minimum absolute atomic E-state index is 0.700. The molecule has 1 aliphatic rings. The zero-order valence-electron chi connectivity index (χ0n) is 7.39. The number of hydrogen-bond acceptors (Lipinski definition) is 1. The Morgan fingerprint density at radius 3 is 2.92 bits per heavy atom. The van der Waals surface area contributed by atoms with Crippen molar-refractivity contribution in [2.75, 3.05) is 6.54 Å². The minimum Gasteiger partial charge on any atom is -0.327 e. The highest BCUT2D eigenvalue weighted by Gasteiger charge is 2.08. The smallest absolute Gasteiger partial charge is 0.0140 e. The third-order valence-corrected chi connectivity index (χ3v) is 3.11. The second-order valence-corrected chi connectivity index (χ2v) is 4.60. The molecule has 0 aromatic heterocycles. The van der Waals surface area contributed by atoms with E-state index in [1.165, 1.54) is 20.3 Å².